The molecule has 0 saturated heterocycles. The topological polar surface area (TPSA) is 77.2 Å². The molecule has 0 fully saturated rings. The summed E-state index contributed by atoms with van der Waals surface area (Å²) >= 11 is 5.89. The van der Waals surface area contributed by atoms with E-state index in [1.54, 1.807) is 31.2 Å². The SMILES string of the molecule is C[C@H](Oc1cccc2ccccc12)C(=O)NCc1nc(-c2ccc(Cl)cc2)no1. The number of ether oxygens (including phenoxy) is 1. The minimum Gasteiger partial charge on any atom is -0.480 e. The minimum atomic E-state index is -0.681. The van der Waals surface area contributed by atoms with E-state index in [0.29, 0.717) is 22.5 Å². The third kappa shape index (κ3) is 4.38. The molecule has 0 aliphatic rings. The fourth-order valence-corrected chi connectivity index (χ4v) is 3.02. The summed E-state index contributed by atoms with van der Waals surface area (Å²) in [5, 5.41) is 9.33. The van der Waals surface area contributed by atoms with Crippen molar-refractivity contribution in [2.75, 3.05) is 0 Å². The Morgan fingerprint density at radius 1 is 1.10 bits per heavy atom. The molecule has 0 unspecified atom stereocenters. The van der Waals surface area contributed by atoms with E-state index in [1.165, 1.54) is 0 Å². The van der Waals surface area contributed by atoms with Crippen LogP contribution in [0.25, 0.3) is 22.2 Å². The number of hydrogen-bond acceptors (Lipinski definition) is 5. The number of amides is 1. The maximum atomic E-state index is 12.4. The number of nitrogens with zero attached hydrogens (tertiary/aromatic N) is 2. The normalized spacial score (nSPS) is 11.9. The van der Waals surface area contributed by atoms with Crippen molar-refractivity contribution < 1.29 is 14.1 Å². The number of nitrogens with one attached hydrogen (secondary N) is 1. The molecule has 1 atom stereocenters. The Balaban J connectivity index is 1.37. The van der Waals surface area contributed by atoms with Crippen LogP contribution in [0.2, 0.25) is 5.02 Å². The summed E-state index contributed by atoms with van der Waals surface area (Å²) in [5.41, 5.74) is 0.781. The summed E-state index contributed by atoms with van der Waals surface area (Å²) in [6, 6.07) is 20.7. The van der Waals surface area contributed by atoms with Gasteiger partial charge in [0.1, 0.15) is 5.75 Å². The summed E-state index contributed by atoms with van der Waals surface area (Å²) in [6.45, 7) is 1.81. The van der Waals surface area contributed by atoms with Gasteiger partial charge in [0, 0.05) is 16.0 Å². The van der Waals surface area contributed by atoms with E-state index in [4.69, 9.17) is 20.9 Å². The van der Waals surface area contributed by atoms with Gasteiger partial charge in [-0.05, 0) is 42.6 Å². The molecule has 0 radical (unpaired) electrons. The van der Waals surface area contributed by atoms with Crippen LogP contribution < -0.4 is 10.1 Å². The summed E-state index contributed by atoms with van der Waals surface area (Å²) in [6.07, 6.45) is -0.681. The second-order valence-corrected chi connectivity index (χ2v) is 6.91. The van der Waals surface area contributed by atoms with Gasteiger partial charge in [-0.15, -0.1) is 0 Å². The molecule has 0 aliphatic carbocycles. The Morgan fingerprint density at radius 3 is 2.69 bits per heavy atom. The average Bonchev–Trinajstić information content (AvgIpc) is 3.22. The quantitative estimate of drug-likeness (QED) is 0.504. The first-order chi connectivity index (χ1) is 14.1. The lowest BCUT2D eigenvalue weighted by Gasteiger charge is -2.15. The van der Waals surface area contributed by atoms with Crippen LogP contribution in [0.5, 0.6) is 5.75 Å². The Kier molecular flexibility index (Phi) is 5.44. The number of benzene rings is 3. The Bertz CT molecular complexity index is 1140. The number of carbonyl (C=O) groups excluding carboxylic acids is 1. The number of halogens is 1. The van der Waals surface area contributed by atoms with Gasteiger partial charge >= 0.3 is 0 Å². The molecule has 1 heterocycles. The number of carbonyl (C=O) groups is 1. The van der Waals surface area contributed by atoms with Gasteiger partial charge in [-0.1, -0.05) is 53.2 Å². The van der Waals surface area contributed by atoms with E-state index in [1.807, 2.05) is 42.5 Å². The van der Waals surface area contributed by atoms with Crippen LogP contribution in [0.15, 0.2) is 71.3 Å². The Hall–Kier alpha value is -3.38. The summed E-state index contributed by atoms with van der Waals surface area (Å²) in [4.78, 5) is 16.7. The minimum absolute atomic E-state index is 0.114. The second-order valence-electron chi connectivity index (χ2n) is 6.47. The monoisotopic (exact) mass is 407 g/mol. The third-order valence-electron chi connectivity index (χ3n) is 4.41. The van der Waals surface area contributed by atoms with Gasteiger partial charge in [0.05, 0.1) is 6.54 Å². The molecule has 0 spiro atoms. The molecular weight excluding hydrogens is 390 g/mol. The van der Waals surface area contributed by atoms with Gasteiger partial charge in [0.2, 0.25) is 11.7 Å². The summed E-state index contributed by atoms with van der Waals surface area (Å²) in [5.74, 6) is 1.13. The first kappa shape index (κ1) is 19.0. The fourth-order valence-electron chi connectivity index (χ4n) is 2.89. The zero-order valence-electron chi connectivity index (χ0n) is 15.6. The van der Waals surface area contributed by atoms with Crippen molar-refractivity contribution in [2.45, 2.75) is 19.6 Å². The molecule has 29 heavy (non-hydrogen) atoms. The smallest absolute Gasteiger partial charge is 0.261 e. The van der Waals surface area contributed by atoms with E-state index in [9.17, 15) is 4.79 Å². The predicted octanol–water partition coefficient (Wildman–Crippen LogP) is 4.63. The molecule has 4 aromatic rings. The molecule has 1 N–H and O–H groups in total. The first-order valence-corrected chi connectivity index (χ1v) is 9.48. The fraction of sp³-hybridized carbons (Fsp3) is 0.136. The van der Waals surface area contributed by atoms with Crippen LogP contribution in [0.4, 0.5) is 0 Å². The molecule has 4 rings (SSSR count). The number of rotatable bonds is 6. The van der Waals surface area contributed by atoms with Crippen LogP contribution >= 0.6 is 11.6 Å². The molecule has 1 aromatic heterocycles. The van der Waals surface area contributed by atoms with Gasteiger partial charge in [-0.3, -0.25) is 4.79 Å². The molecule has 0 aliphatic heterocycles. The van der Waals surface area contributed by atoms with Crippen molar-refractivity contribution in [1.29, 1.82) is 0 Å². The maximum Gasteiger partial charge on any atom is 0.261 e. The molecule has 146 valence electrons. The number of fused-ring (bicyclic) bond motifs is 1. The van der Waals surface area contributed by atoms with Gasteiger partial charge in [-0.2, -0.15) is 4.98 Å². The molecule has 6 nitrogen and oxygen atoms in total. The number of hydrogen-bond donors (Lipinski definition) is 1. The van der Waals surface area contributed by atoms with Crippen molar-refractivity contribution in [2.24, 2.45) is 0 Å². The maximum absolute atomic E-state index is 12.4. The lowest BCUT2D eigenvalue weighted by atomic mass is 10.1. The van der Waals surface area contributed by atoms with E-state index in [0.717, 1.165) is 16.3 Å². The summed E-state index contributed by atoms with van der Waals surface area (Å²) < 4.78 is 11.1. The highest BCUT2D eigenvalue weighted by Gasteiger charge is 2.17. The van der Waals surface area contributed by atoms with E-state index >= 15 is 0 Å². The average molecular weight is 408 g/mol. The van der Waals surface area contributed by atoms with Crippen LogP contribution in [0, 0.1) is 0 Å². The van der Waals surface area contributed by atoms with Crippen molar-refractivity contribution in [3.63, 3.8) is 0 Å². The van der Waals surface area contributed by atoms with E-state index in [2.05, 4.69) is 15.5 Å². The van der Waals surface area contributed by atoms with Crippen molar-refractivity contribution in [1.82, 2.24) is 15.5 Å². The van der Waals surface area contributed by atoms with Crippen LogP contribution in [-0.2, 0) is 11.3 Å². The molecule has 3 aromatic carbocycles. The highest BCUT2D eigenvalue weighted by molar-refractivity contribution is 6.30. The van der Waals surface area contributed by atoms with Gasteiger partial charge in [0.25, 0.3) is 5.91 Å². The molecule has 7 heteroatoms. The second kappa shape index (κ2) is 8.32. The van der Waals surface area contributed by atoms with Crippen molar-refractivity contribution in [3.8, 4) is 17.1 Å². The Labute approximate surface area is 172 Å². The molecular formula is C22H18ClN3O3. The van der Waals surface area contributed by atoms with Crippen molar-refractivity contribution in [3.05, 3.63) is 77.6 Å². The van der Waals surface area contributed by atoms with E-state index in [-0.39, 0.29) is 12.5 Å². The highest BCUT2D eigenvalue weighted by Crippen LogP contribution is 2.26. The van der Waals surface area contributed by atoms with Crippen LogP contribution in [0.3, 0.4) is 0 Å². The van der Waals surface area contributed by atoms with Gasteiger partial charge in [-0.25, -0.2) is 0 Å². The van der Waals surface area contributed by atoms with Crippen molar-refractivity contribution >= 4 is 28.3 Å². The number of aromatic nitrogens is 2. The third-order valence-corrected chi connectivity index (χ3v) is 4.66. The molecule has 0 saturated carbocycles. The standard InChI is InChI=1S/C22H18ClN3O3/c1-14(28-19-8-4-6-15-5-2-3-7-18(15)19)22(27)24-13-20-25-21(26-29-20)16-9-11-17(23)12-10-16/h2-12,14H,13H2,1H3,(H,24,27)/t14-/m0/s1. The van der Waals surface area contributed by atoms with E-state index < -0.39 is 6.10 Å². The molecule has 0 bridgehead atoms. The van der Waals surface area contributed by atoms with Crippen LogP contribution in [-0.4, -0.2) is 22.2 Å². The van der Waals surface area contributed by atoms with Crippen LogP contribution in [0.1, 0.15) is 12.8 Å². The first-order valence-electron chi connectivity index (χ1n) is 9.11. The Morgan fingerprint density at radius 2 is 1.86 bits per heavy atom. The van der Waals surface area contributed by atoms with Gasteiger partial charge in [0.15, 0.2) is 6.10 Å². The predicted molar refractivity (Wildman–Crippen MR) is 111 cm³/mol. The lowest BCUT2D eigenvalue weighted by molar-refractivity contribution is -0.127. The largest absolute Gasteiger partial charge is 0.480 e. The summed E-state index contributed by atoms with van der Waals surface area (Å²) in [7, 11) is 0. The highest BCUT2D eigenvalue weighted by atomic mass is 35.5. The zero-order valence-corrected chi connectivity index (χ0v) is 16.4. The molecule has 1 amide bonds. The van der Waals surface area contributed by atoms with Gasteiger partial charge < -0.3 is 14.6 Å². The lowest BCUT2D eigenvalue weighted by Crippen LogP contribution is -2.36. The zero-order chi connectivity index (χ0) is 20.2.